The van der Waals surface area contributed by atoms with Crippen molar-refractivity contribution < 1.29 is 121 Å². The van der Waals surface area contributed by atoms with Crippen LogP contribution in [-0.4, -0.2) is 7.54 Å². The molecule has 0 atom stereocenters. The van der Waals surface area contributed by atoms with E-state index in [2.05, 4.69) is 4.31 Å². The van der Waals surface area contributed by atoms with Crippen LogP contribution in [0.15, 0.2) is 0 Å². The predicted molar refractivity (Wildman–Crippen MR) is 25.4 cm³/mol. The Kier molecular flexibility index (Phi) is 35.7. The third-order valence-corrected chi connectivity index (χ3v) is 1.80. The SMILES string of the molecule is FB(F)F.O=P([O-])([O-])OP(=O)([O-])[O-].[Li+].[Li+].[Li+].[Li+]. The van der Waals surface area contributed by atoms with Crippen molar-refractivity contribution in [1.29, 1.82) is 0 Å². The van der Waals surface area contributed by atoms with Crippen LogP contribution in [-0.2, 0) is 13.4 Å². The Bertz CT molecular complexity index is 206. The van der Waals surface area contributed by atoms with E-state index in [1.165, 1.54) is 0 Å². The van der Waals surface area contributed by atoms with Gasteiger partial charge >= 0.3 is 83.0 Å². The molecule has 0 spiro atoms. The topological polar surface area (TPSA) is 136 Å². The van der Waals surface area contributed by atoms with Crippen LogP contribution in [0, 0.1) is 0 Å². The Hall–Kier alpha value is 2.50. The minimum atomic E-state index is -5.68. The molecule has 0 aliphatic heterocycles. The molecule has 0 bridgehead atoms. The van der Waals surface area contributed by atoms with E-state index in [1.807, 2.05) is 0 Å². The van der Waals surface area contributed by atoms with Crippen LogP contribution in [0.5, 0.6) is 0 Å². The van der Waals surface area contributed by atoms with Crippen molar-refractivity contribution in [1.82, 2.24) is 0 Å². The van der Waals surface area contributed by atoms with E-state index < -0.39 is 23.2 Å². The number of hydrogen-bond acceptors (Lipinski definition) is 7. The molecular formula is BF3Li4O7P2. The summed E-state index contributed by atoms with van der Waals surface area (Å²) in [5.41, 5.74) is 0. The number of halogens is 3. The Balaban J connectivity index is -0.0000000338. The van der Waals surface area contributed by atoms with Gasteiger partial charge in [-0.1, -0.05) is 0 Å². The van der Waals surface area contributed by atoms with Gasteiger partial charge in [0, 0.05) is 0 Å². The molecular weight excluding hydrogens is 270 g/mol. The van der Waals surface area contributed by atoms with E-state index in [9.17, 15) is 41.7 Å². The van der Waals surface area contributed by atoms with Gasteiger partial charge in [0.2, 0.25) is 0 Å². The summed E-state index contributed by atoms with van der Waals surface area (Å²) in [6.45, 7) is 0. The van der Waals surface area contributed by atoms with Crippen molar-refractivity contribution in [2.75, 3.05) is 0 Å². The van der Waals surface area contributed by atoms with Crippen LogP contribution in [0.2, 0.25) is 0 Å². The standard InChI is InChI=1S/BF3.4Li.H4O7P2/c2-1(3)4;;;;;1-8(2,3)7-9(4,5)6/h;;;;;(H2,1,2,3)(H2,4,5,6)/q;4*+1;/p-4. The predicted octanol–water partition coefficient (Wildman–Crippen LogP) is -14.4. The molecule has 0 aliphatic rings. The van der Waals surface area contributed by atoms with E-state index in [0.717, 1.165) is 0 Å². The summed E-state index contributed by atoms with van der Waals surface area (Å²) in [4.78, 5) is 37.3. The summed E-state index contributed by atoms with van der Waals surface area (Å²) in [5.74, 6) is 0. The first-order chi connectivity index (χ1) is 5.44. The number of rotatable bonds is 2. The summed E-state index contributed by atoms with van der Waals surface area (Å²) in [6, 6.07) is 0. The largest absolute Gasteiger partial charge is 1.00 e. The van der Waals surface area contributed by atoms with Gasteiger partial charge in [-0.2, -0.15) is 0 Å². The molecule has 0 aliphatic carbocycles. The van der Waals surface area contributed by atoms with Crippen molar-refractivity contribution in [2.24, 2.45) is 0 Å². The van der Waals surface area contributed by atoms with Crippen LogP contribution in [0.1, 0.15) is 0 Å². The summed E-state index contributed by atoms with van der Waals surface area (Å²) in [7, 11) is -15.0. The van der Waals surface area contributed by atoms with E-state index in [-0.39, 0.29) is 75.4 Å². The van der Waals surface area contributed by atoms with E-state index in [0.29, 0.717) is 0 Å². The molecule has 7 nitrogen and oxygen atoms in total. The van der Waals surface area contributed by atoms with Gasteiger partial charge in [-0.05, 0) is 0 Å². The zero-order chi connectivity index (χ0) is 11.3. The van der Waals surface area contributed by atoms with Gasteiger partial charge < -0.3 is 33.0 Å². The molecule has 0 heterocycles. The molecule has 0 saturated carbocycles. The second kappa shape index (κ2) is 16.6. The zero-order valence-electron chi connectivity index (χ0n) is 9.46. The third-order valence-electron chi connectivity index (χ3n) is 0.200. The monoisotopic (exact) mass is 270 g/mol. The Morgan fingerprint density at radius 1 is 0.765 bits per heavy atom. The molecule has 0 radical (unpaired) electrons. The number of phosphoric acid groups is 2. The molecule has 0 fully saturated rings. The normalized spacial score (nSPS) is 8.88. The number of hydrogen-bond donors (Lipinski definition) is 0. The van der Waals surface area contributed by atoms with Crippen LogP contribution >= 0.6 is 15.6 Å². The summed E-state index contributed by atoms with van der Waals surface area (Å²) in [5, 5.41) is 0. The Labute approximate surface area is 143 Å². The second-order valence-corrected chi connectivity index (χ2v) is 3.67. The molecule has 0 aromatic heterocycles. The quantitative estimate of drug-likeness (QED) is 0.358. The molecule has 0 aromatic rings. The minimum Gasteiger partial charge on any atom is -0.790 e. The van der Waals surface area contributed by atoms with E-state index >= 15 is 0 Å². The first-order valence-electron chi connectivity index (χ1n) is 2.12. The molecule has 0 unspecified atom stereocenters. The van der Waals surface area contributed by atoms with E-state index in [1.54, 1.807) is 0 Å². The molecule has 0 aromatic carbocycles. The van der Waals surface area contributed by atoms with Gasteiger partial charge in [0.05, 0.1) is 15.6 Å². The molecule has 17 heteroatoms. The van der Waals surface area contributed by atoms with Gasteiger partial charge in [0.1, 0.15) is 0 Å². The molecule has 0 saturated heterocycles. The summed E-state index contributed by atoms with van der Waals surface area (Å²) < 4.78 is 50.2. The maximum atomic E-state index is 9.67. The fraction of sp³-hybridized carbons (Fsp3) is 0. The third kappa shape index (κ3) is 69.7. The van der Waals surface area contributed by atoms with Crippen LogP contribution in [0.25, 0.3) is 0 Å². The van der Waals surface area contributed by atoms with Crippen LogP contribution in [0.3, 0.4) is 0 Å². The molecule has 0 amide bonds. The molecule has 80 valence electrons. The van der Waals surface area contributed by atoms with Crippen molar-refractivity contribution in [3.8, 4) is 0 Å². The average Bonchev–Trinajstić information content (AvgIpc) is 1.47. The van der Waals surface area contributed by atoms with Gasteiger partial charge in [-0.15, -0.1) is 0 Å². The van der Waals surface area contributed by atoms with Crippen molar-refractivity contribution >= 4 is 23.2 Å². The smallest absolute Gasteiger partial charge is 0.790 e. The maximum absolute atomic E-state index is 9.67. The van der Waals surface area contributed by atoms with Crippen LogP contribution in [0.4, 0.5) is 12.9 Å². The minimum absolute atomic E-state index is 0. The van der Waals surface area contributed by atoms with Crippen molar-refractivity contribution in [3.63, 3.8) is 0 Å². The van der Waals surface area contributed by atoms with Crippen molar-refractivity contribution in [3.05, 3.63) is 0 Å². The summed E-state index contributed by atoms with van der Waals surface area (Å²) in [6.07, 6.45) is 0. The molecule has 17 heavy (non-hydrogen) atoms. The molecule has 0 rings (SSSR count). The fourth-order valence-corrected chi connectivity index (χ4v) is 1.10. The van der Waals surface area contributed by atoms with Crippen LogP contribution < -0.4 is 95.0 Å². The fourth-order valence-electron chi connectivity index (χ4n) is 0.122. The first kappa shape index (κ1) is 36.6. The van der Waals surface area contributed by atoms with Gasteiger partial charge in [-0.3, -0.25) is 12.9 Å². The summed E-state index contributed by atoms with van der Waals surface area (Å²) >= 11 is 0. The van der Waals surface area contributed by atoms with Gasteiger partial charge in [0.15, 0.2) is 0 Å². The maximum Gasteiger partial charge on any atom is 1.00 e. The Morgan fingerprint density at radius 2 is 0.882 bits per heavy atom. The Morgan fingerprint density at radius 3 is 0.882 bits per heavy atom. The van der Waals surface area contributed by atoms with Gasteiger partial charge in [-0.25, -0.2) is 0 Å². The first-order valence-corrected chi connectivity index (χ1v) is 5.04. The van der Waals surface area contributed by atoms with E-state index in [4.69, 9.17) is 0 Å². The zero-order valence-corrected chi connectivity index (χ0v) is 11.3. The van der Waals surface area contributed by atoms with Gasteiger partial charge in [0.25, 0.3) is 0 Å². The van der Waals surface area contributed by atoms with Crippen molar-refractivity contribution in [2.45, 2.75) is 0 Å². The average molecular weight is 270 g/mol. The molecule has 0 N–H and O–H groups in total. The second-order valence-electron chi connectivity index (χ2n) is 1.22.